The molecule has 1 unspecified atom stereocenters. The number of hydrogen-bond acceptors (Lipinski definition) is 2. The topological polar surface area (TPSA) is 21.3 Å². The van der Waals surface area contributed by atoms with E-state index in [0.29, 0.717) is 0 Å². The van der Waals surface area contributed by atoms with Crippen molar-refractivity contribution in [3.63, 3.8) is 0 Å². The van der Waals surface area contributed by atoms with Crippen LogP contribution in [0, 0.1) is 0 Å². The molecule has 0 saturated carbocycles. The number of alkyl halides is 2. The predicted octanol–water partition coefficient (Wildman–Crippen LogP) is 4.75. The third kappa shape index (κ3) is 4.51. The Kier molecular flexibility index (Phi) is 5.70. The average Bonchev–Trinajstić information content (AvgIpc) is 2.46. The van der Waals surface area contributed by atoms with Crippen LogP contribution in [0.1, 0.15) is 24.1 Å². The molecule has 0 heterocycles. The molecule has 2 nitrogen and oxygen atoms in total. The van der Waals surface area contributed by atoms with E-state index in [9.17, 15) is 8.78 Å². The van der Waals surface area contributed by atoms with E-state index in [2.05, 4.69) is 26.0 Å². The minimum absolute atomic E-state index is 0.0173. The van der Waals surface area contributed by atoms with Crippen molar-refractivity contribution in [1.29, 1.82) is 0 Å². The Labute approximate surface area is 131 Å². The van der Waals surface area contributed by atoms with Crippen LogP contribution < -0.4 is 10.1 Å². The summed E-state index contributed by atoms with van der Waals surface area (Å²) in [6.07, 6.45) is 0. The molecular weight excluding hydrogens is 340 g/mol. The molecule has 0 amide bonds. The molecule has 0 aliphatic rings. The Morgan fingerprint density at radius 1 is 1.00 bits per heavy atom. The number of halogens is 3. The van der Waals surface area contributed by atoms with Gasteiger partial charge in [-0.2, -0.15) is 8.78 Å². The van der Waals surface area contributed by atoms with Gasteiger partial charge in [-0.1, -0.05) is 47.1 Å². The van der Waals surface area contributed by atoms with Crippen LogP contribution in [-0.4, -0.2) is 13.2 Å². The van der Waals surface area contributed by atoms with Crippen molar-refractivity contribution in [3.05, 3.63) is 64.1 Å². The van der Waals surface area contributed by atoms with Crippen molar-refractivity contribution in [2.75, 3.05) is 6.54 Å². The van der Waals surface area contributed by atoms with Gasteiger partial charge < -0.3 is 10.1 Å². The largest absolute Gasteiger partial charge is 0.435 e. The van der Waals surface area contributed by atoms with Gasteiger partial charge in [-0.3, -0.25) is 0 Å². The van der Waals surface area contributed by atoms with E-state index >= 15 is 0 Å². The van der Waals surface area contributed by atoms with Crippen molar-refractivity contribution in [2.45, 2.75) is 19.6 Å². The van der Waals surface area contributed by atoms with Crippen LogP contribution in [0.4, 0.5) is 8.78 Å². The van der Waals surface area contributed by atoms with E-state index in [1.54, 1.807) is 24.3 Å². The maximum Gasteiger partial charge on any atom is 0.387 e. The van der Waals surface area contributed by atoms with Gasteiger partial charge in [0.15, 0.2) is 0 Å². The zero-order chi connectivity index (χ0) is 15.2. The van der Waals surface area contributed by atoms with Gasteiger partial charge in [0, 0.05) is 4.47 Å². The highest BCUT2D eigenvalue weighted by molar-refractivity contribution is 9.10. The third-order valence-electron chi connectivity index (χ3n) is 3.05. The number of rotatable bonds is 6. The van der Waals surface area contributed by atoms with E-state index in [4.69, 9.17) is 0 Å². The highest BCUT2D eigenvalue weighted by atomic mass is 79.9. The Morgan fingerprint density at radius 3 is 2.00 bits per heavy atom. The van der Waals surface area contributed by atoms with Crippen LogP contribution in [0.15, 0.2) is 53.0 Å². The van der Waals surface area contributed by atoms with Crippen LogP contribution in [0.2, 0.25) is 0 Å². The van der Waals surface area contributed by atoms with Crippen LogP contribution in [0.25, 0.3) is 0 Å². The second-order valence-electron chi connectivity index (χ2n) is 4.49. The number of benzene rings is 2. The molecule has 1 N–H and O–H groups in total. The summed E-state index contributed by atoms with van der Waals surface area (Å²) in [6, 6.07) is 14.8. The maximum atomic E-state index is 12.2. The summed E-state index contributed by atoms with van der Waals surface area (Å²) in [5, 5.41) is 3.39. The normalized spacial score (nSPS) is 12.4. The summed E-state index contributed by atoms with van der Waals surface area (Å²) >= 11 is 3.41. The van der Waals surface area contributed by atoms with Gasteiger partial charge in [0.05, 0.1) is 6.04 Å². The lowest BCUT2D eigenvalue weighted by Crippen LogP contribution is -2.21. The average molecular weight is 356 g/mol. The first-order chi connectivity index (χ1) is 10.1. The van der Waals surface area contributed by atoms with E-state index in [1.807, 2.05) is 31.2 Å². The number of ether oxygens (including phenoxy) is 1. The van der Waals surface area contributed by atoms with Crippen molar-refractivity contribution in [1.82, 2.24) is 5.32 Å². The third-order valence-corrected chi connectivity index (χ3v) is 3.58. The lowest BCUT2D eigenvalue weighted by Gasteiger charge is -2.19. The smallest absolute Gasteiger partial charge is 0.387 e. The molecule has 5 heteroatoms. The molecule has 2 rings (SSSR count). The van der Waals surface area contributed by atoms with E-state index in [1.165, 1.54) is 0 Å². The van der Waals surface area contributed by atoms with Crippen LogP contribution in [0.5, 0.6) is 5.75 Å². The first-order valence-corrected chi connectivity index (χ1v) is 7.43. The highest BCUT2D eigenvalue weighted by Crippen LogP contribution is 2.25. The number of nitrogens with one attached hydrogen (secondary N) is 1. The Balaban J connectivity index is 2.23. The highest BCUT2D eigenvalue weighted by Gasteiger charge is 2.13. The molecule has 0 aliphatic heterocycles. The minimum Gasteiger partial charge on any atom is -0.435 e. The van der Waals surface area contributed by atoms with Gasteiger partial charge in [-0.05, 0) is 41.9 Å². The molecule has 2 aromatic rings. The molecule has 2 aromatic carbocycles. The fourth-order valence-corrected chi connectivity index (χ4v) is 2.39. The lowest BCUT2D eigenvalue weighted by molar-refractivity contribution is -0.0498. The summed E-state index contributed by atoms with van der Waals surface area (Å²) in [7, 11) is 0. The Hall–Kier alpha value is -1.46. The zero-order valence-electron chi connectivity index (χ0n) is 11.5. The molecule has 112 valence electrons. The summed E-state index contributed by atoms with van der Waals surface area (Å²) in [5.74, 6) is 0.166. The van der Waals surface area contributed by atoms with E-state index in [0.717, 1.165) is 22.1 Å². The van der Waals surface area contributed by atoms with Gasteiger partial charge in [0.25, 0.3) is 0 Å². The van der Waals surface area contributed by atoms with Crippen molar-refractivity contribution >= 4 is 15.9 Å². The first-order valence-electron chi connectivity index (χ1n) is 6.63. The molecule has 0 spiro atoms. The molecule has 0 fully saturated rings. The van der Waals surface area contributed by atoms with Gasteiger partial charge >= 0.3 is 6.61 Å². The minimum atomic E-state index is -2.80. The van der Waals surface area contributed by atoms with Gasteiger partial charge in [0.2, 0.25) is 0 Å². The molecule has 0 radical (unpaired) electrons. The standard InChI is InChI=1S/C16H16BrF2NO/c1-2-20-15(11-3-7-13(17)8-4-11)12-5-9-14(10-6-12)21-16(18)19/h3-10,15-16,20H,2H2,1H3. The fourth-order valence-electron chi connectivity index (χ4n) is 2.13. The number of hydrogen-bond donors (Lipinski definition) is 1. The maximum absolute atomic E-state index is 12.2. The Morgan fingerprint density at radius 2 is 1.52 bits per heavy atom. The van der Waals surface area contributed by atoms with Gasteiger partial charge in [-0.25, -0.2) is 0 Å². The van der Waals surface area contributed by atoms with Crippen molar-refractivity contribution < 1.29 is 13.5 Å². The predicted molar refractivity (Wildman–Crippen MR) is 82.7 cm³/mol. The molecule has 21 heavy (non-hydrogen) atoms. The molecule has 0 bridgehead atoms. The molecule has 1 atom stereocenters. The Bertz CT molecular complexity index is 557. The monoisotopic (exact) mass is 355 g/mol. The van der Waals surface area contributed by atoms with Crippen molar-refractivity contribution in [2.24, 2.45) is 0 Å². The molecule has 0 saturated heterocycles. The van der Waals surface area contributed by atoms with E-state index < -0.39 is 6.61 Å². The quantitative estimate of drug-likeness (QED) is 0.807. The van der Waals surface area contributed by atoms with Crippen LogP contribution in [0.3, 0.4) is 0 Å². The SMILES string of the molecule is CCNC(c1ccc(Br)cc1)c1ccc(OC(F)F)cc1. The lowest BCUT2D eigenvalue weighted by atomic mass is 9.98. The van der Waals surface area contributed by atoms with Crippen molar-refractivity contribution in [3.8, 4) is 5.75 Å². The van der Waals surface area contributed by atoms with Gasteiger partial charge in [0.1, 0.15) is 5.75 Å². The molecular formula is C16H16BrF2NO. The van der Waals surface area contributed by atoms with Crippen LogP contribution in [-0.2, 0) is 0 Å². The summed E-state index contributed by atoms with van der Waals surface area (Å²) in [5.41, 5.74) is 2.11. The second kappa shape index (κ2) is 7.52. The zero-order valence-corrected chi connectivity index (χ0v) is 13.1. The summed E-state index contributed by atoms with van der Waals surface area (Å²) in [4.78, 5) is 0. The fraction of sp³-hybridized carbons (Fsp3) is 0.250. The van der Waals surface area contributed by atoms with E-state index in [-0.39, 0.29) is 11.8 Å². The molecule has 0 aromatic heterocycles. The van der Waals surface area contributed by atoms with Crippen LogP contribution >= 0.6 is 15.9 Å². The second-order valence-corrected chi connectivity index (χ2v) is 5.41. The summed E-state index contributed by atoms with van der Waals surface area (Å²) < 4.78 is 29.7. The van der Waals surface area contributed by atoms with Gasteiger partial charge in [-0.15, -0.1) is 0 Å². The molecule has 0 aliphatic carbocycles. The first kappa shape index (κ1) is 15.9. The summed E-state index contributed by atoms with van der Waals surface area (Å²) in [6.45, 7) is 0.0303.